The van der Waals surface area contributed by atoms with E-state index in [1.165, 1.54) is 42.0 Å². The molecule has 6 rings (SSSR count). The summed E-state index contributed by atoms with van der Waals surface area (Å²) in [4.78, 5) is 58.0. The highest BCUT2D eigenvalue weighted by molar-refractivity contribution is 5.97. The van der Waals surface area contributed by atoms with Crippen LogP contribution in [0.4, 0.5) is 14.5 Å². The third-order valence-electron chi connectivity index (χ3n) is 9.48. The number of benzene rings is 2. The van der Waals surface area contributed by atoms with Crippen LogP contribution in [0.5, 0.6) is 0 Å². The van der Waals surface area contributed by atoms with Crippen LogP contribution in [0.25, 0.3) is 17.0 Å². The van der Waals surface area contributed by atoms with Crippen LogP contribution in [0.2, 0.25) is 0 Å². The van der Waals surface area contributed by atoms with E-state index in [-0.39, 0.29) is 25.1 Å². The lowest BCUT2D eigenvalue weighted by atomic mass is 9.98. The molecule has 0 spiro atoms. The summed E-state index contributed by atoms with van der Waals surface area (Å²) in [6.45, 7) is 2.89. The Morgan fingerprint density at radius 3 is 2.54 bits per heavy atom. The van der Waals surface area contributed by atoms with E-state index in [0.717, 1.165) is 36.3 Å². The molecule has 4 atom stereocenters. The summed E-state index contributed by atoms with van der Waals surface area (Å²) in [6.07, 6.45) is 6.32. The van der Waals surface area contributed by atoms with Gasteiger partial charge >= 0.3 is 0 Å². The standard InChI is InChI=1S/C36H42F2N6O3.CH2O2/c1-22(30-18-28(43-15-14-29(21-43)42(2)3)11-8-24(30)7-6-23-4-5-23)40-36(47)33-17-27(38)20-44(33)34(45)19-39-35(46)32-12-9-25-16-26(37)10-13-31(25)41-32;2-1-3/h6-13,16,18,22-23,27,29,33H,4-5,14-15,17,19-21H2,1-3H3,(H,39,46)(H,40,47);1H,(H,2,3)/b7-6+;/t22-,27+,29+,33-;/m0./s1. The SMILES string of the molecule is C[C@H](NC(=O)[C@@H]1C[C@@H](F)CN1C(=O)CNC(=O)c1ccc2cc(F)ccc2n1)c1cc(N2CC[C@@H](N(C)C)C2)ccc1/C=C/C1CC1.O=CO. The molecule has 2 aliphatic heterocycles. The molecule has 0 unspecified atom stereocenters. The number of carboxylic acid groups (broad SMARTS) is 1. The summed E-state index contributed by atoms with van der Waals surface area (Å²) in [7, 11) is 4.20. The van der Waals surface area contributed by atoms with Gasteiger partial charge in [-0.15, -0.1) is 0 Å². The highest BCUT2D eigenvalue weighted by Gasteiger charge is 2.40. The lowest BCUT2D eigenvalue weighted by Crippen LogP contribution is -2.49. The summed E-state index contributed by atoms with van der Waals surface area (Å²) in [5.41, 5.74) is 3.58. The van der Waals surface area contributed by atoms with Gasteiger partial charge in [0.1, 0.15) is 23.7 Å². The van der Waals surface area contributed by atoms with Crippen molar-refractivity contribution in [2.24, 2.45) is 5.92 Å². The van der Waals surface area contributed by atoms with Gasteiger partial charge in [-0.25, -0.2) is 13.8 Å². The Morgan fingerprint density at radius 2 is 1.84 bits per heavy atom. The number of amides is 3. The maximum Gasteiger partial charge on any atom is 0.290 e. The number of nitrogens with one attached hydrogen (secondary N) is 2. The van der Waals surface area contributed by atoms with E-state index in [0.29, 0.717) is 22.9 Å². The Kier molecular flexibility index (Phi) is 11.8. The number of hydrogen-bond acceptors (Lipinski definition) is 7. The van der Waals surface area contributed by atoms with Crippen LogP contribution < -0.4 is 15.5 Å². The summed E-state index contributed by atoms with van der Waals surface area (Å²) in [5.74, 6) is -1.41. The molecule has 1 saturated carbocycles. The van der Waals surface area contributed by atoms with Crippen molar-refractivity contribution in [1.82, 2.24) is 25.4 Å². The smallest absolute Gasteiger partial charge is 0.290 e. The number of hydrogen-bond donors (Lipinski definition) is 3. The van der Waals surface area contributed by atoms with E-state index in [1.807, 2.05) is 6.92 Å². The number of nitrogens with zero attached hydrogens (tertiary/aromatic N) is 4. The van der Waals surface area contributed by atoms with Gasteiger partial charge in [0.2, 0.25) is 11.8 Å². The molecule has 13 heteroatoms. The number of likely N-dealkylation sites (tertiary alicyclic amines) is 1. The highest BCUT2D eigenvalue weighted by Crippen LogP contribution is 2.33. The van der Waals surface area contributed by atoms with Crippen LogP contribution in [0.15, 0.2) is 54.6 Å². The summed E-state index contributed by atoms with van der Waals surface area (Å²) < 4.78 is 28.2. The summed E-state index contributed by atoms with van der Waals surface area (Å²) in [6, 6.07) is 12.5. The van der Waals surface area contributed by atoms with Gasteiger partial charge in [-0.05, 0) is 93.7 Å². The van der Waals surface area contributed by atoms with E-state index in [1.54, 1.807) is 6.07 Å². The number of halogens is 2. The lowest BCUT2D eigenvalue weighted by molar-refractivity contribution is -0.138. The third kappa shape index (κ3) is 9.00. The number of aromatic nitrogens is 1. The molecule has 3 aliphatic rings. The number of rotatable bonds is 10. The van der Waals surface area contributed by atoms with Gasteiger partial charge in [-0.3, -0.25) is 19.2 Å². The second kappa shape index (κ2) is 16.2. The molecule has 1 aromatic heterocycles. The highest BCUT2D eigenvalue weighted by atomic mass is 19.1. The van der Waals surface area contributed by atoms with E-state index < -0.39 is 48.3 Å². The predicted molar refractivity (Wildman–Crippen MR) is 187 cm³/mol. The van der Waals surface area contributed by atoms with E-state index in [2.05, 4.69) is 69.9 Å². The van der Waals surface area contributed by atoms with Crippen molar-refractivity contribution in [3.63, 3.8) is 0 Å². The number of pyridine rings is 1. The number of alkyl halides is 1. The molecule has 3 fully saturated rings. The Labute approximate surface area is 290 Å². The zero-order chi connectivity index (χ0) is 35.9. The van der Waals surface area contributed by atoms with Crippen LogP contribution in [-0.4, -0.2) is 103 Å². The maximum absolute atomic E-state index is 14.7. The Hall–Kier alpha value is -4.91. The Bertz CT molecular complexity index is 1750. The van der Waals surface area contributed by atoms with Gasteiger partial charge in [-0.1, -0.05) is 24.3 Å². The molecule has 3 aromatic rings. The van der Waals surface area contributed by atoms with Gasteiger partial charge < -0.3 is 30.4 Å². The monoisotopic (exact) mass is 690 g/mol. The number of fused-ring (bicyclic) bond motifs is 1. The maximum atomic E-state index is 14.7. The Balaban J connectivity index is 0.00000156. The van der Waals surface area contributed by atoms with Gasteiger partial charge in [0, 0.05) is 36.6 Å². The molecule has 266 valence electrons. The topological polar surface area (TPSA) is 135 Å². The minimum Gasteiger partial charge on any atom is -0.483 e. The average Bonchev–Trinajstić information content (AvgIpc) is 3.63. The third-order valence-corrected chi connectivity index (χ3v) is 9.48. The van der Waals surface area contributed by atoms with Crippen molar-refractivity contribution in [3.05, 3.63) is 77.2 Å². The van der Waals surface area contributed by atoms with Crippen LogP contribution in [0.1, 0.15) is 60.3 Å². The number of carbonyl (C=O) groups is 4. The van der Waals surface area contributed by atoms with Gasteiger partial charge in [0.15, 0.2) is 0 Å². The lowest BCUT2D eigenvalue weighted by Gasteiger charge is -2.27. The van der Waals surface area contributed by atoms with Crippen LogP contribution >= 0.6 is 0 Å². The zero-order valence-corrected chi connectivity index (χ0v) is 28.5. The number of likely N-dealkylation sites (N-methyl/N-ethyl adjacent to an activating group) is 1. The predicted octanol–water partition coefficient (Wildman–Crippen LogP) is 4.18. The van der Waals surface area contributed by atoms with Gasteiger partial charge in [0.05, 0.1) is 24.6 Å². The molecular formula is C37H44F2N6O5. The first-order valence-electron chi connectivity index (χ1n) is 16.9. The fourth-order valence-electron chi connectivity index (χ4n) is 6.48. The first kappa shape index (κ1) is 36.4. The van der Waals surface area contributed by atoms with Gasteiger partial charge in [-0.2, -0.15) is 0 Å². The van der Waals surface area contributed by atoms with Crippen LogP contribution in [0.3, 0.4) is 0 Å². The van der Waals surface area contributed by atoms with E-state index >= 15 is 0 Å². The van der Waals surface area contributed by atoms with Crippen molar-refractivity contribution in [2.45, 2.75) is 56.9 Å². The first-order chi connectivity index (χ1) is 24.0. The summed E-state index contributed by atoms with van der Waals surface area (Å²) >= 11 is 0. The fourth-order valence-corrected chi connectivity index (χ4v) is 6.48. The second-order valence-electron chi connectivity index (χ2n) is 13.3. The second-order valence-corrected chi connectivity index (χ2v) is 13.3. The van der Waals surface area contributed by atoms with Crippen LogP contribution in [0, 0.1) is 11.7 Å². The molecule has 2 aromatic carbocycles. The molecule has 0 radical (unpaired) electrons. The van der Waals surface area contributed by atoms with Crippen molar-refractivity contribution in [2.75, 3.05) is 45.2 Å². The van der Waals surface area contributed by atoms with Crippen molar-refractivity contribution in [1.29, 1.82) is 0 Å². The van der Waals surface area contributed by atoms with Crippen LogP contribution in [-0.2, 0) is 14.4 Å². The minimum atomic E-state index is -1.36. The number of allylic oxidation sites excluding steroid dienone is 1. The largest absolute Gasteiger partial charge is 0.483 e. The normalized spacial score (nSPS) is 20.9. The first-order valence-corrected chi connectivity index (χ1v) is 16.9. The van der Waals surface area contributed by atoms with Crippen molar-refractivity contribution in [3.8, 4) is 0 Å². The molecule has 3 heterocycles. The number of anilines is 1. The Morgan fingerprint density at radius 1 is 1.08 bits per heavy atom. The zero-order valence-electron chi connectivity index (χ0n) is 28.5. The van der Waals surface area contributed by atoms with E-state index in [9.17, 15) is 23.2 Å². The molecule has 2 saturated heterocycles. The van der Waals surface area contributed by atoms with E-state index in [4.69, 9.17) is 9.90 Å². The molecule has 3 N–H and O–H groups in total. The molecule has 50 heavy (non-hydrogen) atoms. The molecule has 11 nitrogen and oxygen atoms in total. The van der Waals surface area contributed by atoms with Crippen molar-refractivity contribution < 1.29 is 33.1 Å². The summed E-state index contributed by atoms with van der Waals surface area (Å²) in [5, 5.41) is 13.0. The average molecular weight is 691 g/mol. The van der Waals surface area contributed by atoms with Crippen molar-refractivity contribution >= 4 is 46.9 Å². The number of carbonyl (C=O) groups excluding carboxylic acids is 3. The minimum absolute atomic E-state index is 0.0600. The fraction of sp³-hybridized carbons (Fsp3) is 0.432. The quantitative estimate of drug-likeness (QED) is 0.270. The molecular weight excluding hydrogens is 646 g/mol. The van der Waals surface area contributed by atoms with Gasteiger partial charge in [0.25, 0.3) is 12.4 Å². The molecule has 3 amide bonds. The molecule has 1 aliphatic carbocycles. The molecule has 0 bridgehead atoms.